The van der Waals surface area contributed by atoms with E-state index in [-0.39, 0.29) is 11.8 Å². The Morgan fingerprint density at radius 1 is 1.19 bits per heavy atom. The maximum atomic E-state index is 5.74. The third kappa shape index (κ3) is 4.68. The van der Waals surface area contributed by atoms with Crippen molar-refractivity contribution in [3.05, 3.63) is 66.1 Å². The molecular weight excluding hydrogens is 392 g/mol. The summed E-state index contributed by atoms with van der Waals surface area (Å²) in [6.45, 7) is 11.8. The summed E-state index contributed by atoms with van der Waals surface area (Å²) < 4.78 is 5.50. The normalized spacial score (nSPS) is 14.6. The van der Waals surface area contributed by atoms with Crippen molar-refractivity contribution in [2.45, 2.75) is 45.4 Å². The number of benzene rings is 1. The fourth-order valence-corrected chi connectivity index (χ4v) is 3.64. The van der Waals surface area contributed by atoms with Crippen molar-refractivity contribution in [2.75, 3.05) is 18.0 Å². The van der Waals surface area contributed by atoms with Gasteiger partial charge in [-0.25, -0.2) is 10.5 Å². The van der Waals surface area contributed by atoms with Crippen molar-refractivity contribution in [2.24, 2.45) is 0 Å². The molecule has 1 aromatic carbocycles. The van der Waals surface area contributed by atoms with Gasteiger partial charge < -0.3 is 14.3 Å². The molecule has 3 aromatic rings. The number of nitrogens with one attached hydrogen (secondary N) is 1. The zero-order chi connectivity index (χ0) is 21.8. The topological polar surface area (TPSA) is 89.2 Å². The molecule has 0 bridgehead atoms. The second-order valence-electron chi connectivity index (χ2n) is 8.08. The van der Waals surface area contributed by atoms with Gasteiger partial charge in [-0.05, 0) is 19.8 Å². The van der Waals surface area contributed by atoms with E-state index in [1.54, 1.807) is 0 Å². The highest BCUT2D eigenvalue weighted by Crippen LogP contribution is 2.32. The molecule has 1 aliphatic rings. The van der Waals surface area contributed by atoms with E-state index < -0.39 is 0 Å². The van der Waals surface area contributed by atoms with Crippen LogP contribution in [0.25, 0.3) is 5.70 Å². The van der Waals surface area contributed by atoms with Gasteiger partial charge in [0.2, 0.25) is 5.89 Å². The summed E-state index contributed by atoms with van der Waals surface area (Å²) in [6, 6.07) is 9.81. The van der Waals surface area contributed by atoms with Crippen molar-refractivity contribution in [1.29, 1.82) is 0 Å². The van der Waals surface area contributed by atoms with Crippen LogP contribution in [0.1, 0.15) is 61.4 Å². The molecule has 4 rings (SSSR count). The van der Waals surface area contributed by atoms with Crippen molar-refractivity contribution in [3.63, 3.8) is 0 Å². The lowest BCUT2D eigenvalue weighted by Crippen LogP contribution is -2.34. The summed E-state index contributed by atoms with van der Waals surface area (Å²) in [6.07, 6.45) is 3.40. The maximum absolute atomic E-state index is 5.74. The van der Waals surface area contributed by atoms with Crippen LogP contribution in [0.5, 0.6) is 5.88 Å². The molecule has 162 valence electrons. The summed E-state index contributed by atoms with van der Waals surface area (Å²) in [5.41, 5.74) is 5.40. The van der Waals surface area contributed by atoms with E-state index in [0.29, 0.717) is 11.6 Å². The Hall–Kier alpha value is -3.42. The zero-order valence-corrected chi connectivity index (χ0v) is 18.2. The average Bonchev–Trinajstić information content (AvgIpc) is 3.30. The molecule has 3 heterocycles. The molecule has 1 saturated heterocycles. The second kappa shape index (κ2) is 9.16. The fraction of sp³-hybridized carbons (Fsp3) is 0.391. The minimum Gasteiger partial charge on any atom is -0.361 e. The molecular formula is C23H28N6O2. The van der Waals surface area contributed by atoms with E-state index in [4.69, 9.17) is 9.36 Å². The molecule has 1 N–H and O–H groups in total. The number of aromatic nitrogens is 4. The van der Waals surface area contributed by atoms with Crippen LogP contribution in [0.3, 0.4) is 0 Å². The smallest absolute Gasteiger partial charge is 0.253 e. The Labute approximate surface area is 182 Å². The van der Waals surface area contributed by atoms with E-state index in [9.17, 15) is 0 Å². The molecule has 31 heavy (non-hydrogen) atoms. The Morgan fingerprint density at radius 2 is 1.94 bits per heavy atom. The summed E-state index contributed by atoms with van der Waals surface area (Å²) in [7, 11) is 0. The lowest BCUT2D eigenvalue weighted by atomic mass is 9.96. The summed E-state index contributed by atoms with van der Waals surface area (Å²) in [5.74, 6) is 3.44. The summed E-state index contributed by atoms with van der Waals surface area (Å²) in [4.78, 5) is 21.4. The summed E-state index contributed by atoms with van der Waals surface area (Å²) in [5, 5.41) is 4.10. The van der Waals surface area contributed by atoms with Gasteiger partial charge in [-0.15, -0.1) is 0 Å². The summed E-state index contributed by atoms with van der Waals surface area (Å²) >= 11 is 0. The Balaban J connectivity index is 1.38. The fourth-order valence-electron chi connectivity index (χ4n) is 3.64. The highest BCUT2D eigenvalue weighted by molar-refractivity contribution is 5.60. The zero-order valence-electron chi connectivity index (χ0n) is 18.2. The van der Waals surface area contributed by atoms with Gasteiger partial charge in [-0.3, -0.25) is 0 Å². The Morgan fingerprint density at radius 3 is 2.61 bits per heavy atom. The predicted molar refractivity (Wildman–Crippen MR) is 119 cm³/mol. The van der Waals surface area contributed by atoms with Gasteiger partial charge in [0.25, 0.3) is 5.88 Å². The molecule has 1 fully saturated rings. The Bertz CT molecular complexity index is 1030. The first-order valence-corrected chi connectivity index (χ1v) is 10.6. The molecule has 0 saturated carbocycles. The minimum atomic E-state index is 0.270. The van der Waals surface area contributed by atoms with Crippen LogP contribution >= 0.6 is 0 Å². The van der Waals surface area contributed by atoms with Gasteiger partial charge in [0.15, 0.2) is 5.82 Å². The number of hydrogen-bond donors (Lipinski definition) is 1. The van der Waals surface area contributed by atoms with Gasteiger partial charge in [0.1, 0.15) is 12.1 Å². The third-order valence-electron chi connectivity index (χ3n) is 5.52. The van der Waals surface area contributed by atoms with E-state index in [0.717, 1.165) is 54.6 Å². The van der Waals surface area contributed by atoms with Gasteiger partial charge in [0.05, 0.1) is 11.3 Å². The van der Waals surface area contributed by atoms with E-state index in [1.807, 2.05) is 37.3 Å². The lowest BCUT2D eigenvalue weighted by Gasteiger charge is -2.32. The molecule has 0 unspecified atom stereocenters. The van der Waals surface area contributed by atoms with E-state index in [1.165, 1.54) is 6.33 Å². The number of rotatable bonds is 7. The van der Waals surface area contributed by atoms with Crippen LogP contribution < -0.4 is 15.2 Å². The quantitative estimate of drug-likeness (QED) is 0.568. The molecule has 8 heteroatoms. The standard InChI is InChI=1S/C23H28N6O2/c1-15(2)20-26-23(31-28-20)19-10-12-29(13-11-19)21-16(3)22(25-14-24-21)30-27-17(4)18-8-6-5-7-9-18/h5-9,14-15,19,27H,4,10-13H2,1-3H3. The SMILES string of the molecule is C=C(NOc1ncnc(N2CCC(c3nc(C(C)C)no3)CC2)c1C)c1ccccc1. The van der Waals surface area contributed by atoms with Crippen LogP contribution in [0.2, 0.25) is 0 Å². The van der Waals surface area contributed by atoms with E-state index in [2.05, 4.69) is 50.9 Å². The number of piperidine rings is 1. The molecule has 0 radical (unpaired) electrons. The van der Waals surface area contributed by atoms with Gasteiger partial charge in [0, 0.05) is 30.5 Å². The van der Waals surface area contributed by atoms with Crippen LogP contribution in [-0.4, -0.2) is 33.2 Å². The van der Waals surface area contributed by atoms with Gasteiger partial charge >= 0.3 is 0 Å². The molecule has 2 aromatic heterocycles. The highest BCUT2D eigenvalue weighted by atomic mass is 16.7. The number of anilines is 1. The third-order valence-corrected chi connectivity index (χ3v) is 5.52. The Kier molecular flexibility index (Phi) is 6.16. The molecule has 8 nitrogen and oxygen atoms in total. The monoisotopic (exact) mass is 420 g/mol. The van der Waals surface area contributed by atoms with Gasteiger partial charge in [-0.1, -0.05) is 55.9 Å². The molecule has 0 spiro atoms. The molecule has 1 aliphatic heterocycles. The van der Waals surface area contributed by atoms with Crippen molar-refractivity contribution >= 4 is 11.5 Å². The van der Waals surface area contributed by atoms with Crippen molar-refractivity contribution in [1.82, 2.24) is 25.6 Å². The van der Waals surface area contributed by atoms with Crippen LogP contribution in [0.15, 0.2) is 47.8 Å². The first-order valence-electron chi connectivity index (χ1n) is 10.6. The molecule has 0 amide bonds. The maximum Gasteiger partial charge on any atom is 0.253 e. The lowest BCUT2D eigenvalue weighted by molar-refractivity contribution is 0.240. The van der Waals surface area contributed by atoms with Crippen LogP contribution in [0.4, 0.5) is 5.82 Å². The van der Waals surface area contributed by atoms with Crippen LogP contribution in [0, 0.1) is 6.92 Å². The van der Waals surface area contributed by atoms with E-state index >= 15 is 0 Å². The first-order chi connectivity index (χ1) is 15.0. The molecule has 0 aliphatic carbocycles. The number of nitrogens with zero attached hydrogens (tertiary/aromatic N) is 5. The average molecular weight is 421 g/mol. The number of hydroxylamine groups is 1. The van der Waals surface area contributed by atoms with Crippen molar-refractivity contribution in [3.8, 4) is 5.88 Å². The van der Waals surface area contributed by atoms with Gasteiger partial charge in [-0.2, -0.15) is 9.97 Å². The molecule has 0 atom stereocenters. The highest BCUT2D eigenvalue weighted by Gasteiger charge is 2.27. The largest absolute Gasteiger partial charge is 0.361 e. The number of hydrogen-bond acceptors (Lipinski definition) is 8. The van der Waals surface area contributed by atoms with Crippen molar-refractivity contribution < 1.29 is 9.36 Å². The second-order valence-corrected chi connectivity index (χ2v) is 8.08. The first kappa shape index (κ1) is 20.8. The predicted octanol–water partition coefficient (Wildman–Crippen LogP) is 4.23. The van der Waals surface area contributed by atoms with Crippen LogP contribution in [-0.2, 0) is 0 Å². The minimum absolute atomic E-state index is 0.270.